The number of nitrogens with one attached hydrogen (secondary N) is 2. The predicted octanol–water partition coefficient (Wildman–Crippen LogP) is 3.60. The van der Waals surface area contributed by atoms with Crippen molar-refractivity contribution in [2.45, 2.75) is 26.7 Å². The van der Waals surface area contributed by atoms with Crippen LogP contribution in [0.15, 0.2) is 52.4 Å². The van der Waals surface area contributed by atoms with Gasteiger partial charge in [-0.1, -0.05) is 26.0 Å². The number of anilines is 3. The molecule has 0 unspecified atom stereocenters. The number of rotatable bonds is 8. The lowest BCUT2D eigenvalue weighted by atomic mass is 10.1. The number of aliphatic imine (C=N–C) groups is 2. The molecule has 4 N–H and O–H groups in total. The Kier molecular flexibility index (Phi) is 13.7. The Balaban J connectivity index is 0.000000231. The van der Waals surface area contributed by atoms with Gasteiger partial charge in [0.25, 0.3) is 0 Å². The molecule has 2 aliphatic rings. The highest BCUT2D eigenvalue weighted by Crippen LogP contribution is 2.30. The topological polar surface area (TPSA) is 127 Å². The van der Waals surface area contributed by atoms with Gasteiger partial charge in [-0.3, -0.25) is 4.99 Å². The van der Waals surface area contributed by atoms with Crippen LogP contribution in [0.4, 0.5) is 22.7 Å². The Morgan fingerprint density at radius 2 is 1.60 bits per heavy atom. The Bertz CT molecular complexity index is 1200. The minimum absolute atomic E-state index is 0.412. The van der Waals surface area contributed by atoms with Crippen molar-refractivity contribution in [3.05, 3.63) is 48.0 Å². The monoisotopic (exact) mass is 577 g/mol. The van der Waals surface area contributed by atoms with Crippen molar-refractivity contribution in [1.82, 2.24) is 10.2 Å². The molecule has 2 fully saturated rings. The highest BCUT2D eigenvalue weighted by atomic mass is 16.5. The zero-order valence-corrected chi connectivity index (χ0v) is 25.6. The molecule has 42 heavy (non-hydrogen) atoms. The second-order valence-electron chi connectivity index (χ2n) is 10.2. The normalized spacial score (nSPS) is 15.8. The maximum atomic E-state index is 9.03. The molecule has 0 radical (unpaired) electrons. The third kappa shape index (κ3) is 10.1. The quantitative estimate of drug-likeness (QED) is 0.319. The van der Waals surface area contributed by atoms with Gasteiger partial charge in [-0.05, 0) is 43.2 Å². The van der Waals surface area contributed by atoms with Crippen LogP contribution in [0.2, 0.25) is 0 Å². The molecule has 11 nitrogen and oxygen atoms in total. The Hall–Kier alpha value is -4.01. The summed E-state index contributed by atoms with van der Waals surface area (Å²) in [6, 6.07) is 16.0. The van der Waals surface area contributed by atoms with Crippen LogP contribution >= 0.6 is 0 Å². The summed E-state index contributed by atoms with van der Waals surface area (Å²) in [4.78, 5) is 15.3. The van der Waals surface area contributed by atoms with Crippen LogP contribution < -0.4 is 26.2 Å². The number of nitrogens with two attached hydrogens (primary N) is 1. The maximum absolute atomic E-state index is 9.03. The molecule has 11 heteroatoms. The number of ether oxygens (including phenoxy) is 2. The van der Waals surface area contributed by atoms with Crippen LogP contribution in [0.3, 0.4) is 0 Å². The van der Waals surface area contributed by atoms with Crippen molar-refractivity contribution in [3.63, 3.8) is 0 Å². The van der Waals surface area contributed by atoms with E-state index in [4.69, 9.17) is 20.5 Å². The van der Waals surface area contributed by atoms with Gasteiger partial charge in [0.1, 0.15) is 0 Å². The number of benzene rings is 2. The van der Waals surface area contributed by atoms with Gasteiger partial charge in [-0.2, -0.15) is 5.26 Å². The number of guanidine groups is 2. The average molecular weight is 578 g/mol. The van der Waals surface area contributed by atoms with Gasteiger partial charge in [0.2, 0.25) is 0 Å². The van der Waals surface area contributed by atoms with E-state index in [0.29, 0.717) is 24.7 Å². The standard InChI is InChI=1S/C17H28N4O.C14H19N5O/c1-3-9-18-17(19-10-4-2)20-15-7-5-6-8-16(15)21-11-13-22-14-12-21;1-18(2)14(16)17-12-9-11(10-15)3-4-13(12)19-5-7-20-8-6-19/h5-8H,3-4,9-14H2,1-2H3,(H2,18,19,20);3-4,9H,5-8H2,1-2H3,(H2,16,17). The zero-order chi connectivity index (χ0) is 30.2. The molecule has 0 bridgehead atoms. The van der Waals surface area contributed by atoms with Gasteiger partial charge in [0, 0.05) is 53.4 Å². The van der Waals surface area contributed by atoms with Gasteiger partial charge in [-0.15, -0.1) is 0 Å². The number of nitrogens with zero attached hydrogens (tertiary/aromatic N) is 6. The van der Waals surface area contributed by atoms with E-state index < -0.39 is 0 Å². The molecule has 4 rings (SSSR count). The molecule has 2 aromatic carbocycles. The third-order valence-electron chi connectivity index (χ3n) is 6.69. The van der Waals surface area contributed by atoms with Gasteiger partial charge >= 0.3 is 0 Å². The largest absolute Gasteiger partial charge is 0.378 e. The lowest BCUT2D eigenvalue weighted by Crippen LogP contribution is -2.37. The van der Waals surface area contributed by atoms with Crippen molar-refractivity contribution in [2.75, 3.05) is 94.9 Å². The van der Waals surface area contributed by atoms with Crippen LogP contribution in [0.5, 0.6) is 0 Å². The Morgan fingerprint density at radius 1 is 0.952 bits per heavy atom. The second-order valence-corrected chi connectivity index (χ2v) is 10.2. The summed E-state index contributed by atoms with van der Waals surface area (Å²) in [5.74, 6) is 1.28. The average Bonchev–Trinajstić information content (AvgIpc) is 3.03. The molecule has 2 aromatic rings. The van der Waals surface area contributed by atoms with Crippen LogP contribution in [0.1, 0.15) is 32.3 Å². The van der Waals surface area contributed by atoms with Crippen molar-refractivity contribution in [3.8, 4) is 6.07 Å². The summed E-state index contributed by atoms with van der Waals surface area (Å²) in [6.45, 7) is 12.5. The molecular weight excluding hydrogens is 530 g/mol. The first kappa shape index (κ1) is 32.5. The lowest BCUT2D eigenvalue weighted by molar-refractivity contribution is 0.122. The molecule has 2 heterocycles. The number of para-hydroxylation sites is 2. The van der Waals surface area contributed by atoms with Crippen molar-refractivity contribution in [1.29, 1.82) is 5.26 Å². The van der Waals surface area contributed by atoms with Crippen molar-refractivity contribution in [2.24, 2.45) is 15.7 Å². The number of nitriles is 1. The lowest BCUT2D eigenvalue weighted by Gasteiger charge is -2.30. The smallest absolute Gasteiger partial charge is 0.196 e. The number of morpholine rings is 2. The first-order chi connectivity index (χ1) is 20.5. The molecule has 2 aliphatic heterocycles. The van der Waals surface area contributed by atoms with E-state index in [1.807, 2.05) is 20.2 Å². The molecule has 0 atom stereocenters. The summed E-state index contributed by atoms with van der Waals surface area (Å²) >= 11 is 0. The van der Waals surface area contributed by atoms with Crippen LogP contribution in [-0.2, 0) is 9.47 Å². The first-order valence-electron chi connectivity index (χ1n) is 14.8. The van der Waals surface area contributed by atoms with E-state index in [2.05, 4.69) is 74.6 Å². The Morgan fingerprint density at radius 3 is 2.19 bits per heavy atom. The first-order valence-corrected chi connectivity index (χ1v) is 14.8. The van der Waals surface area contributed by atoms with E-state index in [9.17, 15) is 0 Å². The highest BCUT2D eigenvalue weighted by Gasteiger charge is 2.16. The fourth-order valence-corrected chi connectivity index (χ4v) is 4.37. The van der Waals surface area contributed by atoms with Gasteiger partial charge in [-0.25, -0.2) is 4.99 Å². The van der Waals surface area contributed by atoms with E-state index in [1.54, 1.807) is 17.0 Å². The van der Waals surface area contributed by atoms with Crippen molar-refractivity contribution >= 4 is 34.7 Å². The highest BCUT2D eigenvalue weighted by molar-refractivity contribution is 5.96. The number of hydrogen-bond donors (Lipinski definition) is 3. The fraction of sp³-hybridized carbons (Fsp3) is 0.516. The molecule has 0 amide bonds. The predicted molar refractivity (Wildman–Crippen MR) is 173 cm³/mol. The van der Waals surface area contributed by atoms with Crippen LogP contribution in [0.25, 0.3) is 0 Å². The van der Waals surface area contributed by atoms with E-state index >= 15 is 0 Å². The summed E-state index contributed by atoms with van der Waals surface area (Å²) in [5, 5.41) is 15.9. The second kappa shape index (κ2) is 17.7. The van der Waals surface area contributed by atoms with E-state index in [-0.39, 0.29) is 0 Å². The fourth-order valence-electron chi connectivity index (χ4n) is 4.37. The zero-order valence-electron chi connectivity index (χ0n) is 25.6. The summed E-state index contributed by atoms with van der Waals surface area (Å²) in [7, 11) is 3.67. The van der Waals surface area contributed by atoms with Gasteiger partial charge in [0.15, 0.2) is 11.9 Å². The molecule has 0 aliphatic carbocycles. The minimum atomic E-state index is 0.412. The molecule has 0 spiro atoms. The van der Waals surface area contributed by atoms with Gasteiger partial charge in [0.05, 0.1) is 60.8 Å². The maximum Gasteiger partial charge on any atom is 0.196 e. The third-order valence-corrected chi connectivity index (χ3v) is 6.69. The molecule has 0 aromatic heterocycles. The summed E-state index contributed by atoms with van der Waals surface area (Å²) in [5.41, 5.74) is 10.5. The minimum Gasteiger partial charge on any atom is -0.378 e. The number of hydrogen-bond acceptors (Lipinski definition) is 7. The van der Waals surface area contributed by atoms with Gasteiger partial charge < -0.3 is 40.5 Å². The van der Waals surface area contributed by atoms with E-state index in [1.165, 1.54) is 5.69 Å². The van der Waals surface area contributed by atoms with Crippen molar-refractivity contribution < 1.29 is 9.47 Å². The summed E-state index contributed by atoms with van der Waals surface area (Å²) in [6.07, 6.45) is 2.13. The summed E-state index contributed by atoms with van der Waals surface area (Å²) < 4.78 is 10.8. The van der Waals surface area contributed by atoms with Crippen LogP contribution in [0, 0.1) is 11.3 Å². The molecule has 2 saturated heterocycles. The molecule has 0 saturated carbocycles. The molecule has 228 valence electrons. The SMILES string of the molecule is CCCN=C(NCCC)Nc1ccccc1N1CCOCC1.CN(C)C(N)=Nc1cc(C#N)ccc1N1CCOCC1. The van der Waals surface area contributed by atoms with Crippen LogP contribution in [-0.4, -0.2) is 96.6 Å². The Labute approximate surface area is 251 Å². The molecular formula is C31H47N9O2. The van der Waals surface area contributed by atoms with E-state index in [0.717, 1.165) is 88.3 Å².